The summed E-state index contributed by atoms with van der Waals surface area (Å²) in [4.78, 5) is 14.2. The van der Waals surface area contributed by atoms with E-state index in [1.807, 2.05) is 27.9 Å². The fourth-order valence-electron chi connectivity index (χ4n) is 2.23. The molecule has 94 valence electrons. The summed E-state index contributed by atoms with van der Waals surface area (Å²) in [5.74, 6) is 0.140. The molecule has 2 N–H and O–H groups in total. The van der Waals surface area contributed by atoms with Crippen LogP contribution < -0.4 is 10.6 Å². The van der Waals surface area contributed by atoms with Gasteiger partial charge in [0, 0.05) is 12.6 Å². The molecule has 1 aliphatic heterocycles. The van der Waals surface area contributed by atoms with E-state index in [-0.39, 0.29) is 17.5 Å². The second kappa shape index (κ2) is 5.64. The first-order valence-corrected chi connectivity index (χ1v) is 6.15. The molecular formula is C12H25N3O. The lowest BCUT2D eigenvalue weighted by Gasteiger charge is -2.34. The van der Waals surface area contributed by atoms with Gasteiger partial charge in [-0.3, -0.25) is 4.79 Å². The van der Waals surface area contributed by atoms with Crippen molar-refractivity contribution in [2.24, 2.45) is 0 Å². The Kier molecular flexibility index (Phi) is 4.74. The molecule has 0 aliphatic carbocycles. The van der Waals surface area contributed by atoms with Crippen molar-refractivity contribution < 1.29 is 4.79 Å². The zero-order chi connectivity index (χ0) is 12.2. The van der Waals surface area contributed by atoms with Crippen molar-refractivity contribution in [3.8, 4) is 0 Å². The summed E-state index contributed by atoms with van der Waals surface area (Å²) < 4.78 is 0. The van der Waals surface area contributed by atoms with Gasteiger partial charge in [0.2, 0.25) is 5.91 Å². The van der Waals surface area contributed by atoms with Crippen LogP contribution in [0.2, 0.25) is 0 Å². The molecule has 1 amide bonds. The molecule has 2 unspecified atom stereocenters. The molecule has 1 fully saturated rings. The predicted molar refractivity (Wildman–Crippen MR) is 66.4 cm³/mol. The SMILES string of the molecule is CC(CN(C)C)NC(=O)C1(C)CCCCN1. The molecule has 0 aromatic rings. The molecule has 0 bridgehead atoms. The van der Waals surface area contributed by atoms with E-state index in [1.54, 1.807) is 0 Å². The van der Waals surface area contributed by atoms with Crippen LogP contribution in [0.15, 0.2) is 0 Å². The summed E-state index contributed by atoms with van der Waals surface area (Å²) >= 11 is 0. The average molecular weight is 227 g/mol. The van der Waals surface area contributed by atoms with Crippen LogP contribution in [0.25, 0.3) is 0 Å². The lowest BCUT2D eigenvalue weighted by molar-refractivity contribution is -0.128. The number of rotatable bonds is 4. The highest BCUT2D eigenvalue weighted by atomic mass is 16.2. The Morgan fingerprint density at radius 2 is 2.19 bits per heavy atom. The lowest BCUT2D eigenvalue weighted by Crippen LogP contribution is -2.59. The maximum Gasteiger partial charge on any atom is 0.240 e. The van der Waals surface area contributed by atoms with Crippen LogP contribution in [0.4, 0.5) is 0 Å². The van der Waals surface area contributed by atoms with Gasteiger partial charge in [-0.05, 0) is 53.8 Å². The average Bonchev–Trinajstić information content (AvgIpc) is 2.17. The van der Waals surface area contributed by atoms with E-state index in [4.69, 9.17) is 0 Å². The number of hydrogen-bond donors (Lipinski definition) is 2. The number of nitrogens with one attached hydrogen (secondary N) is 2. The Hall–Kier alpha value is -0.610. The van der Waals surface area contributed by atoms with Gasteiger partial charge in [-0.25, -0.2) is 0 Å². The van der Waals surface area contributed by atoms with E-state index in [2.05, 4.69) is 15.5 Å². The maximum absolute atomic E-state index is 12.1. The first kappa shape index (κ1) is 13.5. The summed E-state index contributed by atoms with van der Waals surface area (Å²) in [5.41, 5.74) is -0.362. The van der Waals surface area contributed by atoms with Crippen LogP contribution in [-0.2, 0) is 4.79 Å². The molecule has 2 atom stereocenters. The summed E-state index contributed by atoms with van der Waals surface area (Å²) in [6.07, 6.45) is 3.25. The van der Waals surface area contributed by atoms with Crippen molar-refractivity contribution in [3.05, 3.63) is 0 Å². The van der Waals surface area contributed by atoms with E-state index in [9.17, 15) is 4.79 Å². The van der Waals surface area contributed by atoms with Gasteiger partial charge < -0.3 is 15.5 Å². The highest BCUT2D eigenvalue weighted by Gasteiger charge is 2.34. The minimum atomic E-state index is -0.362. The highest BCUT2D eigenvalue weighted by molar-refractivity contribution is 5.86. The molecule has 0 aromatic heterocycles. The van der Waals surface area contributed by atoms with Crippen molar-refractivity contribution in [2.45, 2.75) is 44.7 Å². The highest BCUT2D eigenvalue weighted by Crippen LogP contribution is 2.18. The Labute approximate surface area is 98.8 Å². The van der Waals surface area contributed by atoms with Gasteiger partial charge in [0.15, 0.2) is 0 Å². The second-order valence-corrected chi connectivity index (χ2v) is 5.35. The van der Waals surface area contributed by atoms with Crippen molar-refractivity contribution in [1.82, 2.24) is 15.5 Å². The number of amides is 1. The summed E-state index contributed by atoms with van der Waals surface area (Å²) in [6, 6.07) is 0.197. The molecule has 1 rings (SSSR count). The first-order chi connectivity index (χ1) is 7.44. The molecule has 0 saturated carbocycles. The molecule has 4 heteroatoms. The zero-order valence-corrected chi connectivity index (χ0v) is 11.0. The Bertz CT molecular complexity index is 234. The maximum atomic E-state index is 12.1. The van der Waals surface area contributed by atoms with Gasteiger partial charge in [-0.1, -0.05) is 0 Å². The van der Waals surface area contributed by atoms with E-state index >= 15 is 0 Å². The van der Waals surface area contributed by atoms with Crippen LogP contribution in [-0.4, -0.2) is 49.6 Å². The molecule has 0 spiro atoms. The van der Waals surface area contributed by atoms with Crippen molar-refractivity contribution in [3.63, 3.8) is 0 Å². The van der Waals surface area contributed by atoms with Crippen LogP contribution in [0.5, 0.6) is 0 Å². The van der Waals surface area contributed by atoms with E-state index in [0.717, 1.165) is 25.9 Å². The number of hydrogen-bond acceptors (Lipinski definition) is 3. The third-order valence-corrected chi connectivity index (χ3v) is 3.14. The van der Waals surface area contributed by atoms with Gasteiger partial charge in [-0.2, -0.15) is 0 Å². The molecule has 4 nitrogen and oxygen atoms in total. The second-order valence-electron chi connectivity index (χ2n) is 5.35. The number of nitrogens with zero attached hydrogens (tertiary/aromatic N) is 1. The molecule has 0 aromatic carbocycles. The number of carbonyl (C=O) groups excluding carboxylic acids is 1. The third-order valence-electron chi connectivity index (χ3n) is 3.14. The lowest BCUT2D eigenvalue weighted by atomic mass is 9.90. The van der Waals surface area contributed by atoms with Crippen molar-refractivity contribution in [2.75, 3.05) is 27.2 Å². The third kappa shape index (κ3) is 3.76. The first-order valence-electron chi connectivity index (χ1n) is 6.15. The van der Waals surface area contributed by atoms with Gasteiger partial charge in [0.05, 0.1) is 5.54 Å². The molecule has 1 heterocycles. The quantitative estimate of drug-likeness (QED) is 0.738. The van der Waals surface area contributed by atoms with Gasteiger partial charge in [-0.15, -0.1) is 0 Å². The van der Waals surface area contributed by atoms with Gasteiger partial charge in [0.25, 0.3) is 0 Å². The normalized spacial score (nSPS) is 27.8. The summed E-state index contributed by atoms with van der Waals surface area (Å²) in [5, 5.41) is 6.41. The largest absolute Gasteiger partial charge is 0.351 e. The van der Waals surface area contributed by atoms with Crippen LogP contribution in [0, 0.1) is 0 Å². The van der Waals surface area contributed by atoms with Gasteiger partial charge in [0.1, 0.15) is 0 Å². The number of carbonyl (C=O) groups is 1. The van der Waals surface area contributed by atoms with Crippen LogP contribution >= 0.6 is 0 Å². The fourth-order valence-corrected chi connectivity index (χ4v) is 2.23. The van der Waals surface area contributed by atoms with Crippen LogP contribution in [0.1, 0.15) is 33.1 Å². The Morgan fingerprint density at radius 1 is 1.50 bits per heavy atom. The Balaban J connectivity index is 2.44. The standard InChI is InChI=1S/C12H25N3O/c1-10(9-15(3)4)14-11(16)12(2)7-5-6-8-13-12/h10,13H,5-9H2,1-4H3,(H,14,16). The minimum Gasteiger partial charge on any atom is -0.351 e. The van der Waals surface area contributed by atoms with Gasteiger partial charge >= 0.3 is 0 Å². The van der Waals surface area contributed by atoms with E-state index in [0.29, 0.717) is 0 Å². The monoisotopic (exact) mass is 227 g/mol. The molecule has 0 radical (unpaired) electrons. The summed E-state index contributed by atoms with van der Waals surface area (Å²) in [7, 11) is 4.03. The van der Waals surface area contributed by atoms with Crippen molar-refractivity contribution >= 4 is 5.91 Å². The number of piperidine rings is 1. The minimum absolute atomic E-state index is 0.140. The summed E-state index contributed by atoms with van der Waals surface area (Å²) in [6.45, 7) is 5.88. The molecule has 1 aliphatic rings. The smallest absolute Gasteiger partial charge is 0.240 e. The molecule has 1 saturated heterocycles. The Morgan fingerprint density at radius 3 is 2.69 bits per heavy atom. The number of likely N-dealkylation sites (N-methyl/N-ethyl adjacent to an activating group) is 1. The molecular weight excluding hydrogens is 202 g/mol. The zero-order valence-electron chi connectivity index (χ0n) is 11.0. The van der Waals surface area contributed by atoms with E-state index < -0.39 is 0 Å². The topological polar surface area (TPSA) is 44.4 Å². The predicted octanol–water partition coefficient (Wildman–Crippen LogP) is 0.585. The van der Waals surface area contributed by atoms with Crippen LogP contribution in [0.3, 0.4) is 0 Å². The van der Waals surface area contributed by atoms with E-state index in [1.165, 1.54) is 6.42 Å². The molecule has 16 heavy (non-hydrogen) atoms. The fraction of sp³-hybridized carbons (Fsp3) is 0.917. The van der Waals surface area contributed by atoms with Crippen molar-refractivity contribution in [1.29, 1.82) is 0 Å².